The lowest BCUT2D eigenvalue weighted by atomic mass is 10.3. The Bertz CT molecular complexity index is 207. The number of carbonyl (C=O) groups is 1. The molecule has 0 saturated heterocycles. The maximum absolute atomic E-state index is 9.66. The first-order chi connectivity index (χ1) is 6.20. The summed E-state index contributed by atoms with van der Waals surface area (Å²) in [6.07, 6.45) is 3.39. The highest BCUT2D eigenvalue weighted by Crippen LogP contribution is 1.93. The predicted molar refractivity (Wildman–Crippen MR) is 52.4 cm³/mol. The van der Waals surface area contributed by atoms with Gasteiger partial charge in [0.05, 0.1) is 6.26 Å². The van der Waals surface area contributed by atoms with Gasteiger partial charge in [0.15, 0.2) is 0 Å². The number of aryl methyl sites for hydroxylation is 1. The largest absolute Gasteiger partial charge is 0.470 e. The Hall–Kier alpha value is -1.25. The number of furan rings is 1. The SMILES string of the molecule is CCC(C)NC=O.Cc1ccco1. The van der Waals surface area contributed by atoms with E-state index >= 15 is 0 Å². The van der Waals surface area contributed by atoms with Gasteiger partial charge in [0, 0.05) is 6.04 Å². The first-order valence-electron chi connectivity index (χ1n) is 4.40. The van der Waals surface area contributed by atoms with Gasteiger partial charge in [0.1, 0.15) is 5.76 Å². The van der Waals surface area contributed by atoms with Crippen molar-refractivity contribution in [3.63, 3.8) is 0 Å². The van der Waals surface area contributed by atoms with Gasteiger partial charge in [-0.05, 0) is 32.4 Å². The molecule has 1 aromatic rings. The molecular formula is C10H17NO2. The molecule has 0 aromatic carbocycles. The second-order valence-electron chi connectivity index (χ2n) is 2.82. The van der Waals surface area contributed by atoms with Crippen LogP contribution in [0, 0.1) is 6.92 Å². The summed E-state index contributed by atoms with van der Waals surface area (Å²) in [5.41, 5.74) is 0. The summed E-state index contributed by atoms with van der Waals surface area (Å²) in [5, 5.41) is 2.61. The van der Waals surface area contributed by atoms with Crippen LogP contribution in [0.1, 0.15) is 26.0 Å². The summed E-state index contributed by atoms with van der Waals surface area (Å²) in [6, 6.07) is 4.12. The van der Waals surface area contributed by atoms with E-state index in [1.54, 1.807) is 6.26 Å². The maximum atomic E-state index is 9.66. The lowest BCUT2D eigenvalue weighted by Gasteiger charge is -2.02. The van der Waals surface area contributed by atoms with Crippen LogP contribution in [0.4, 0.5) is 0 Å². The monoisotopic (exact) mass is 183 g/mol. The molecule has 1 heterocycles. The van der Waals surface area contributed by atoms with Crippen LogP contribution in [0.15, 0.2) is 22.8 Å². The molecule has 0 fully saturated rings. The standard InChI is InChI=1S/C5H11NO.C5H6O/c1-3-5(2)6-4-7;1-5-3-2-4-6-5/h4-5H,3H2,1-2H3,(H,6,7);2-4H,1H3. The summed E-state index contributed by atoms with van der Waals surface area (Å²) >= 11 is 0. The fraction of sp³-hybridized carbons (Fsp3) is 0.500. The summed E-state index contributed by atoms with van der Waals surface area (Å²) in [6.45, 7) is 5.91. The van der Waals surface area contributed by atoms with Crippen molar-refractivity contribution in [2.24, 2.45) is 0 Å². The van der Waals surface area contributed by atoms with Gasteiger partial charge in [-0.3, -0.25) is 4.79 Å². The number of carbonyl (C=O) groups excluding carboxylic acids is 1. The van der Waals surface area contributed by atoms with Gasteiger partial charge in [-0.2, -0.15) is 0 Å². The van der Waals surface area contributed by atoms with Crippen molar-refractivity contribution in [3.8, 4) is 0 Å². The second-order valence-corrected chi connectivity index (χ2v) is 2.82. The smallest absolute Gasteiger partial charge is 0.207 e. The van der Waals surface area contributed by atoms with Crippen molar-refractivity contribution in [1.29, 1.82) is 0 Å². The van der Waals surface area contributed by atoms with Gasteiger partial charge in [-0.25, -0.2) is 0 Å². The molecule has 74 valence electrons. The zero-order valence-electron chi connectivity index (χ0n) is 8.41. The minimum Gasteiger partial charge on any atom is -0.470 e. The Morgan fingerprint density at radius 2 is 2.38 bits per heavy atom. The number of rotatable bonds is 3. The first kappa shape index (κ1) is 11.8. The molecule has 0 spiro atoms. The topological polar surface area (TPSA) is 42.2 Å². The molecular weight excluding hydrogens is 166 g/mol. The molecule has 1 N–H and O–H groups in total. The van der Waals surface area contributed by atoms with Gasteiger partial charge >= 0.3 is 0 Å². The third-order valence-corrected chi connectivity index (χ3v) is 1.63. The molecule has 1 aromatic heterocycles. The Morgan fingerprint density at radius 1 is 1.69 bits per heavy atom. The normalized spacial score (nSPS) is 11.0. The molecule has 1 amide bonds. The van der Waals surface area contributed by atoms with Crippen molar-refractivity contribution < 1.29 is 9.21 Å². The highest BCUT2D eigenvalue weighted by atomic mass is 16.3. The maximum Gasteiger partial charge on any atom is 0.207 e. The fourth-order valence-corrected chi connectivity index (χ4v) is 0.595. The molecule has 0 saturated carbocycles. The highest BCUT2D eigenvalue weighted by Gasteiger charge is 1.89. The van der Waals surface area contributed by atoms with Crippen molar-refractivity contribution in [1.82, 2.24) is 5.32 Å². The predicted octanol–water partition coefficient (Wildman–Crippen LogP) is 2.12. The van der Waals surface area contributed by atoms with Crippen LogP contribution in [0.3, 0.4) is 0 Å². The van der Waals surface area contributed by atoms with Gasteiger partial charge < -0.3 is 9.73 Å². The van der Waals surface area contributed by atoms with Crippen molar-refractivity contribution >= 4 is 6.41 Å². The summed E-state index contributed by atoms with van der Waals surface area (Å²) in [5.74, 6) is 0.968. The van der Waals surface area contributed by atoms with E-state index in [2.05, 4.69) is 5.32 Å². The van der Waals surface area contributed by atoms with Gasteiger partial charge in [0.25, 0.3) is 0 Å². The minimum atomic E-state index is 0.331. The lowest BCUT2D eigenvalue weighted by Crippen LogP contribution is -2.22. The number of nitrogens with one attached hydrogen (secondary N) is 1. The summed E-state index contributed by atoms with van der Waals surface area (Å²) < 4.78 is 4.83. The first-order valence-corrected chi connectivity index (χ1v) is 4.40. The van der Waals surface area contributed by atoms with E-state index < -0.39 is 0 Å². The molecule has 1 rings (SSSR count). The van der Waals surface area contributed by atoms with E-state index in [0.29, 0.717) is 6.04 Å². The molecule has 3 nitrogen and oxygen atoms in total. The van der Waals surface area contributed by atoms with Crippen molar-refractivity contribution in [2.45, 2.75) is 33.2 Å². The van der Waals surface area contributed by atoms with Gasteiger partial charge in [-0.1, -0.05) is 6.92 Å². The third kappa shape index (κ3) is 7.12. The number of hydrogen-bond acceptors (Lipinski definition) is 2. The quantitative estimate of drug-likeness (QED) is 0.729. The van der Waals surface area contributed by atoms with Crippen molar-refractivity contribution in [3.05, 3.63) is 24.2 Å². The Labute approximate surface area is 79.1 Å². The van der Waals surface area contributed by atoms with Crippen LogP contribution in [-0.4, -0.2) is 12.5 Å². The molecule has 0 aliphatic rings. The Morgan fingerprint density at radius 3 is 2.54 bits per heavy atom. The fourth-order valence-electron chi connectivity index (χ4n) is 0.595. The Kier molecular flexibility index (Phi) is 6.69. The van der Waals surface area contributed by atoms with Crippen LogP contribution in [0.5, 0.6) is 0 Å². The van der Waals surface area contributed by atoms with E-state index in [1.807, 2.05) is 32.9 Å². The van der Waals surface area contributed by atoms with Crippen LogP contribution >= 0.6 is 0 Å². The van der Waals surface area contributed by atoms with E-state index in [4.69, 9.17) is 4.42 Å². The third-order valence-electron chi connectivity index (χ3n) is 1.63. The van der Waals surface area contributed by atoms with Gasteiger partial charge in [0.2, 0.25) is 6.41 Å². The molecule has 13 heavy (non-hydrogen) atoms. The molecule has 1 atom stereocenters. The van der Waals surface area contributed by atoms with E-state index in [9.17, 15) is 4.79 Å². The minimum absolute atomic E-state index is 0.331. The second kappa shape index (κ2) is 7.40. The molecule has 0 bridgehead atoms. The molecule has 1 unspecified atom stereocenters. The zero-order valence-corrected chi connectivity index (χ0v) is 8.41. The highest BCUT2D eigenvalue weighted by molar-refractivity contribution is 5.46. The van der Waals surface area contributed by atoms with E-state index in [1.165, 1.54) is 0 Å². The molecule has 0 aliphatic carbocycles. The lowest BCUT2D eigenvalue weighted by molar-refractivity contribution is -0.110. The summed E-state index contributed by atoms with van der Waals surface area (Å²) in [4.78, 5) is 9.66. The van der Waals surface area contributed by atoms with E-state index in [0.717, 1.165) is 18.6 Å². The van der Waals surface area contributed by atoms with Gasteiger partial charge in [-0.15, -0.1) is 0 Å². The van der Waals surface area contributed by atoms with Crippen LogP contribution in [0.25, 0.3) is 0 Å². The molecule has 0 radical (unpaired) electrons. The van der Waals surface area contributed by atoms with Crippen LogP contribution in [-0.2, 0) is 4.79 Å². The molecule has 3 heteroatoms. The summed E-state index contributed by atoms with van der Waals surface area (Å²) in [7, 11) is 0. The number of amides is 1. The zero-order chi connectivity index (χ0) is 10.1. The molecule has 0 aliphatic heterocycles. The average molecular weight is 183 g/mol. The van der Waals surface area contributed by atoms with Crippen molar-refractivity contribution in [2.75, 3.05) is 0 Å². The van der Waals surface area contributed by atoms with E-state index in [-0.39, 0.29) is 0 Å². The Balaban J connectivity index is 0.000000223. The number of hydrogen-bond donors (Lipinski definition) is 1. The van der Waals surface area contributed by atoms with Crippen LogP contribution in [0.2, 0.25) is 0 Å². The average Bonchev–Trinajstić information content (AvgIpc) is 2.57. The van der Waals surface area contributed by atoms with Crippen LogP contribution < -0.4 is 5.32 Å².